The van der Waals surface area contributed by atoms with E-state index in [4.69, 9.17) is 0 Å². The number of carbonyl (C=O) groups excluding carboxylic acids is 1. The van der Waals surface area contributed by atoms with Crippen molar-refractivity contribution in [3.63, 3.8) is 0 Å². The molecule has 0 amide bonds. The van der Waals surface area contributed by atoms with Crippen LogP contribution in [0, 0.1) is 18.6 Å². The SMILES string of the molecule is Cc1ccc(C(=O)C=Cc2ccc(F)c(F)c2)s1. The zero-order valence-electron chi connectivity index (χ0n) is 9.61. The monoisotopic (exact) mass is 264 g/mol. The predicted octanol–water partition coefficient (Wildman–Crippen LogP) is 4.23. The normalized spacial score (nSPS) is 11.1. The number of carbonyl (C=O) groups is 1. The molecule has 92 valence electrons. The van der Waals surface area contributed by atoms with Gasteiger partial charge in [-0.3, -0.25) is 4.79 Å². The first-order valence-electron chi connectivity index (χ1n) is 5.30. The van der Waals surface area contributed by atoms with E-state index in [1.165, 1.54) is 29.6 Å². The lowest BCUT2D eigenvalue weighted by atomic mass is 10.2. The third kappa shape index (κ3) is 2.90. The van der Waals surface area contributed by atoms with Crippen LogP contribution in [0.15, 0.2) is 36.4 Å². The molecule has 18 heavy (non-hydrogen) atoms. The number of aryl methyl sites for hydroxylation is 1. The average molecular weight is 264 g/mol. The Morgan fingerprint density at radius 2 is 1.94 bits per heavy atom. The lowest BCUT2D eigenvalue weighted by molar-refractivity contribution is 0.105. The molecule has 0 fully saturated rings. The summed E-state index contributed by atoms with van der Waals surface area (Å²) >= 11 is 1.40. The lowest BCUT2D eigenvalue weighted by Gasteiger charge is -1.95. The van der Waals surface area contributed by atoms with E-state index >= 15 is 0 Å². The summed E-state index contributed by atoms with van der Waals surface area (Å²) in [5, 5.41) is 0. The average Bonchev–Trinajstić information content (AvgIpc) is 2.77. The summed E-state index contributed by atoms with van der Waals surface area (Å²) in [7, 11) is 0. The van der Waals surface area contributed by atoms with Gasteiger partial charge in [0.1, 0.15) is 0 Å². The number of rotatable bonds is 3. The van der Waals surface area contributed by atoms with Crippen molar-refractivity contribution in [3.05, 3.63) is 63.4 Å². The molecule has 1 aromatic carbocycles. The Morgan fingerprint density at radius 3 is 2.56 bits per heavy atom. The molecule has 0 bridgehead atoms. The van der Waals surface area contributed by atoms with Crippen LogP contribution >= 0.6 is 11.3 Å². The van der Waals surface area contributed by atoms with Crippen LogP contribution in [-0.2, 0) is 0 Å². The minimum absolute atomic E-state index is 0.141. The van der Waals surface area contributed by atoms with Crippen LogP contribution in [0.5, 0.6) is 0 Å². The summed E-state index contributed by atoms with van der Waals surface area (Å²) in [6.07, 6.45) is 2.83. The van der Waals surface area contributed by atoms with Crippen LogP contribution < -0.4 is 0 Å². The zero-order chi connectivity index (χ0) is 13.1. The molecule has 0 saturated carbocycles. The van der Waals surface area contributed by atoms with Gasteiger partial charge in [-0.15, -0.1) is 11.3 Å². The molecular formula is C14H10F2OS. The fraction of sp³-hybridized carbons (Fsp3) is 0.0714. The van der Waals surface area contributed by atoms with Crippen LogP contribution in [0.1, 0.15) is 20.1 Å². The van der Waals surface area contributed by atoms with Crippen LogP contribution in [0.25, 0.3) is 6.08 Å². The fourth-order valence-corrected chi connectivity index (χ4v) is 2.22. The van der Waals surface area contributed by atoms with Gasteiger partial charge < -0.3 is 0 Å². The molecule has 0 aliphatic rings. The molecular weight excluding hydrogens is 254 g/mol. The first kappa shape index (κ1) is 12.6. The smallest absolute Gasteiger partial charge is 0.195 e. The standard InChI is InChI=1S/C14H10F2OS/c1-9-2-7-14(18-9)13(17)6-4-10-3-5-11(15)12(16)8-10/h2-8H,1H3. The Bertz CT molecular complexity index is 614. The van der Waals surface area contributed by atoms with E-state index < -0.39 is 11.6 Å². The topological polar surface area (TPSA) is 17.1 Å². The molecule has 1 nitrogen and oxygen atoms in total. The van der Waals surface area contributed by atoms with Crippen molar-refractivity contribution in [2.75, 3.05) is 0 Å². The van der Waals surface area contributed by atoms with Crippen LogP contribution in [0.4, 0.5) is 8.78 Å². The van der Waals surface area contributed by atoms with E-state index in [1.54, 1.807) is 6.07 Å². The Hall–Kier alpha value is -1.81. The lowest BCUT2D eigenvalue weighted by Crippen LogP contribution is -1.89. The zero-order valence-corrected chi connectivity index (χ0v) is 10.4. The number of hydrogen-bond acceptors (Lipinski definition) is 2. The van der Waals surface area contributed by atoms with E-state index in [-0.39, 0.29) is 5.78 Å². The maximum atomic E-state index is 12.9. The molecule has 0 unspecified atom stereocenters. The second-order valence-electron chi connectivity index (χ2n) is 3.78. The molecule has 0 atom stereocenters. The first-order chi connectivity index (χ1) is 8.56. The highest BCUT2D eigenvalue weighted by Crippen LogP contribution is 2.17. The number of hydrogen-bond donors (Lipinski definition) is 0. The highest BCUT2D eigenvalue weighted by atomic mass is 32.1. The van der Waals surface area contributed by atoms with Gasteiger partial charge in [0.25, 0.3) is 0 Å². The van der Waals surface area contributed by atoms with Crippen LogP contribution in [0.2, 0.25) is 0 Å². The largest absolute Gasteiger partial charge is 0.288 e. The van der Waals surface area contributed by atoms with Gasteiger partial charge in [0.15, 0.2) is 17.4 Å². The van der Waals surface area contributed by atoms with Gasteiger partial charge in [0, 0.05) is 4.88 Å². The van der Waals surface area contributed by atoms with Crippen molar-refractivity contribution in [1.82, 2.24) is 0 Å². The van der Waals surface area contributed by atoms with E-state index in [0.29, 0.717) is 10.4 Å². The number of halogens is 2. The molecule has 1 heterocycles. The number of thiophene rings is 1. The van der Waals surface area contributed by atoms with Gasteiger partial charge >= 0.3 is 0 Å². The molecule has 2 aromatic rings. The van der Waals surface area contributed by atoms with Crippen LogP contribution in [-0.4, -0.2) is 5.78 Å². The molecule has 2 rings (SSSR count). The summed E-state index contributed by atoms with van der Waals surface area (Å²) < 4.78 is 25.6. The quantitative estimate of drug-likeness (QED) is 0.599. The number of ketones is 1. The van der Waals surface area contributed by atoms with E-state index in [2.05, 4.69) is 0 Å². The van der Waals surface area contributed by atoms with Crippen molar-refractivity contribution in [3.8, 4) is 0 Å². The predicted molar refractivity (Wildman–Crippen MR) is 68.8 cm³/mol. The molecule has 0 radical (unpaired) electrons. The van der Waals surface area contributed by atoms with E-state index in [1.807, 2.05) is 13.0 Å². The van der Waals surface area contributed by atoms with Crippen LogP contribution in [0.3, 0.4) is 0 Å². The Balaban J connectivity index is 2.15. The molecule has 0 aliphatic carbocycles. The van der Waals surface area contributed by atoms with Crippen molar-refractivity contribution < 1.29 is 13.6 Å². The minimum atomic E-state index is -0.920. The molecule has 1 aromatic heterocycles. The maximum Gasteiger partial charge on any atom is 0.195 e. The third-order valence-corrected chi connectivity index (χ3v) is 3.37. The third-order valence-electron chi connectivity index (χ3n) is 2.35. The number of allylic oxidation sites excluding steroid dienone is 1. The van der Waals surface area contributed by atoms with Crippen molar-refractivity contribution in [1.29, 1.82) is 0 Å². The minimum Gasteiger partial charge on any atom is -0.288 e. The van der Waals surface area contributed by atoms with E-state index in [0.717, 1.165) is 17.0 Å². The molecule has 0 aliphatic heterocycles. The summed E-state index contributed by atoms with van der Waals surface area (Å²) in [5.74, 6) is -1.96. The van der Waals surface area contributed by atoms with Crippen molar-refractivity contribution in [2.45, 2.75) is 6.92 Å². The van der Waals surface area contributed by atoms with Gasteiger partial charge in [-0.2, -0.15) is 0 Å². The Morgan fingerprint density at radius 1 is 1.17 bits per heavy atom. The highest BCUT2D eigenvalue weighted by molar-refractivity contribution is 7.14. The second-order valence-corrected chi connectivity index (χ2v) is 5.07. The van der Waals surface area contributed by atoms with Crippen molar-refractivity contribution >= 4 is 23.2 Å². The molecule has 0 N–H and O–H groups in total. The Labute approximate surface area is 107 Å². The summed E-state index contributed by atoms with van der Waals surface area (Å²) in [4.78, 5) is 13.4. The summed E-state index contributed by atoms with van der Waals surface area (Å²) in [6, 6.07) is 7.12. The second kappa shape index (κ2) is 5.23. The van der Waals surface area contributed by atoms with Crippen molar-refractivity contribution in [2.24, 2.45) is 0 Å². The fourth-order valence-electron chi connectivity index (χ4n) is 1.44. The first-order valence-corrected chi connectivity index (χ1v) is 6.12. The van der Waals surface area contributed by atoms with Gasteiger partial charge in [-0.25, -0.2) is 8.78 Å². The highest BCUT2D eigenvalue weighted by Gasteiger charge is 2.05. The molecule has 4 heteroatoms. The number of benzene rings is 1. The van der Waals surface area contributed by atoms with Gasteiger partial charge in [-0.05, 0) is 42.8 Å². The Kier molecular flexibility index (Phi) is 3.67. The summed E-state index contributed by atoms with van der Waals surface area (Å²) in [6.45, 7) is 1.92. The van der Waals surface area contributed by atoms with Gasteiger partial charge in [0.05, 0.1) is 4.88 Å². The summed E-state index contributed by atoms with van der Waals surface area (Å²) in [5.41, 5.74) is 0.454. The van der Waals surface area contributed by atoms with E-state index in [9.17, 15) is 13.6 Å². The molecule has 0 spiro atoms. The molecule has 0 saturated heterocycles. The maximum absolute atomic E-state index is 12.9. The van der Waals surface area contributed by atoms with Gasteiger partial charge in [0.2, 0.25) is 0 Å². The van der Waals surface area contributed by atoms with Gasteiger partial charge in [-0.1, -0.05) is 12.1 Å².